The maximum absolute atomic E-state index is 5.26. The fraction of sp³-hybridized carbons (Fsp3) is 1.00. The van der Waals surface area contributed by atoms with Crippen molar-refractivity contribution < 1.29 is 4.74 Å². The molecule has 0 saturated carbocycles. The van der Waals surface area contributed by atoms with Gasteiger partial charge in [-0.1, -0.05) is 20.8 Å². The molecule has 1 heterocycles. The van der Waals surface area contributed by atoms with Crippen molar-refractivity contribution in [2.75, 3.05) is 39.9 Å². The highest BCUT2D eigenvalue weighted by molar-refractivity contribution is 4.82. The summed E-state index contributed by atoms with van der Waals surface area (Å²) in [5.41, 5.74) is 0. The van der Waals surface area contributed by atoms with Crippen LogP contribution in [0.25, 0.3) is 0 Å². The Kier molecular flexibility index (Phi) is 7.09. The number of hydrogen-bond acceptors (Lipinski definition) is 3. The Morgan fingerprint density at radius 3 is 2.71 bits per heavy atom. The number of likely N-dealkylation sites (tertiary alicyclic amines) is 1. The molecule has 0 radical (unpaired) electrons. The normalized spacial score (nSPS) is 23.5. The zero-order valence-electron chi connectivity index (χ0n) is 12.0. The molecule has 1 fully saturated rings. The molecule has 0 bridgehead atoms. The van der Waals surface area contributed by atoms with Gasteiger partial charge in [0.15, 0.2) is 0 Å². The molecule has 17 heavy (non-hydrogen) atoms. The second kappa shape index (κ2) is 8.06. The van der Waals surface area contributed by atoms with E-state index < -0.39 is 0 Å². The first-order valence-electron chi connectivity index (χ1n) is 7.11. The molecule has 1 aliphatic heterocycles. The first-order valence-corrected chi connectivity index (χ1v) is 7.11. The molecule has 0 amide bonds. The zero-order valence-corrected chi connectivity index (χ0v) is 12.0. The van der Waals surface area contributed by atoms with Gasteiger partial charge < -0.3 is 10.1 Å². The van der Waals surface area contributed by atoms with Crippen molar-refractivity contribution in [3.05, 3.63) is 0 Å². The third-order valence-corrected chi connectivity index (χ3v) is 3.64. The van der Waals surface area contributed by atoms with Gasteiger partial charge in [-0.2, -0.15) is 0 Å². The minimum atomic E-state index is 0.704. The van der Waals surface area contributed by atoms with Crippen LogP contribution in [0.1, 0.15) is 33.6 Å². The lowest BCUT2D eigenvalue weighted by Gasteiger charge is -2.27. The van der Waals surface area contributed by atoms with Crippen molar-refractivity contribution >= 4 is 0 Å². The van der Waals surface area contributed by atoms with Crippen molar-refractivity contribution in [1.82, 2.24) is 10.2 Å². The number of ether oxygens (including phenoxy) is 1. The lowest BCUT2D eigenvalue weighted by atomic mass is 10.1. The van der Waals surface area contributed by atoms with Crippen LogP contribution in [0.2, 0.25) is 0 Å². The van der Waals surface area contributed by atoms with Crippen LogP contribution >= 0.6 is 0 Å². The van der Waals surface area contributed by atoms with Crippen LogP contribution in [-0.2, 0) is 4.74 Å². The molecule has 2 unspecified atom stereocenters. The number of hydrogen-bond donors (Lipinski definition) is 1. The summed E-state index contributed by atoms with van der Waals surface area (Å²) >= 11 is 0. The summed E-state index contributed by atoms with van der Waals surface area (Å²) in [7, 11) is 1.81. The number of rotatable bonds is 8. The molecule has 1 rings (SSSR count). The molecule has 0 aromatic rings. The monoisotopic (exact) mass is 242 g/mol. The van der Waals surface area contributed by atoms with Gasteiger partial charge in [-0.05, 0) is 37.8 Å². The van der Waals surface area contributed by atoms with E-state index >= 15 is 0 Å². The molecule has 0 aliphatic carbocycles. The molecule has 0 aromatic heterocycles. The molecular weight excluding hydrogens is 212 g/mol. The van der Waals surface area contributed by atoms with Crippen LogP contribution in [0.4, 0.5) is 0 Å². The van der Waals surface area contributed by atoms with E-state index in [0.717, 1.165) is 31.5 Å². The van der Waals surface area contributed by atoms with Gasteiger partial charge >= 0.3 is 0 Å². The van der Waals surface area contributed by atoms with Gasteiger partial charge in [0.1, 0.15) is 0 Å². The van der Waals surface area contributed by atoms with Crippen LogP contribution in [-0.4, -0.2) is 50.8 Å². The van der Waals surface area contributed by atoms with E-state index in [-0.39, 0.29) is 0 Å². The smallest absolute Gasteiger partial charge is 0.0503 e. The molecule has 2 atom stereocenters. The SMILES string of the molecule is CCC(CNCC(C)C)N1CCC(COC)C1. The average molecular weight is 242 g/mol. The maximum atomic E-state index is 5.26. The summed E-state index contributed by atoms with van der Waals surface area (Å²) in [5, 5.41) is 3.59. The van der Waals surface area contributed by atoms with E-state index in [4.69, 9.17) is 4.74 Å². The Morgan fingerprint density at radius 1 is 1.35 bits per heavy atom. The second-order valence-electron chi connectivity index (χ2n) is 5.72. The van der Waals surface area contributed by atoms with Crippen LogP contribution in [0.5, 0.6) is 0 Å². The van der Waals surface area contributed by atoms with Gasteiger partial charge in [0, 0.05) is 26.2 Å². The van der Waals surface area contributed by atoms with E-state index in [9.17, 15) is 0 Å². The largest absolute Gasteiger partial charge is 0.384 e. The maximum Gasteiger partial charge on any atom is 0.0503 e. The van der Waals surface area contributed by atoms with Crippen LogP contribution < -0.4 is 5.32 Å². The molecule has 3 nitrogen and oxygen atoms in total. The van der Waals surface area contributed by atoms with Gasteiger partial charge in [0.05, 0.1) is 6.61 Å². The highest BCUT2D eigenvalue weighted by Crippen LogP contribution is 2.19. The van der Waals surface area contributed by atoms with Crippen molar-refractivity contribution in [1.29, 1.82) is 0 Å². The van der Waals surface area contributed by atoms with Crippen molar-refractivity contribution in [2.24, 2.45) is 11.8 Å². The summed E-state index contributed by atoms with van der Waals surface area (Å²) in [6.07, 6.45) is 2.54. The first-order chi connectivity index (χ1) is 8.17. The number of methoxy groups -OCH3 is 1. The second-order valence-corrected chi connectivity index (χ2v) is 5.72. The first kappa shape index (κ1) is 14.9. The molecule has 0 aromatic carbocycles. The Morgan fingerprint density at radius 2 is 2.12 bits per heavy atom. The highest BCUT2D eigenvalue weighted by atomic mass is 16.5. The van der Waals surface area contributed by atoms with Gasteiger partial charge in [-0.25, -0.2) is 0 Å². The van der Waals surface area contributed by atoms with Gasteiger partial charge in [-0.3, -0.25) is 4.90 Å². The predicted molar refractivity (Wildman–Crippen MR) is 73.3 cm³/mol. The average Bonchev–Trinajstić information content (AvgIpc) is 2.73. The third-order valence-electron chi connectivity index (χ3n) is 3.64. The Balaban J connectivity index is 2.26. The van der Waals surface area contributed by atoms with E-state index in [1.54, 1.807) is 0 Å². The van der Waals surface area contributed by atoms with Gasteiger partial charge in [0.2, 0.25) is 0 Å². The van der Waals surface area contributed by atoms with Crippen molar-refractivity contribution in [3.63, 3.8) is 0 Å². The molecule has 0 spiro atoms. The number of nitrogens with one attached hydrogen (secondary N) is 1. The van der Waals surface area contributed by atoms with Gasteiger partial charge in [0.25, 0.3) is 0 Å². The predicted octanol–water partition coefficient (Wildman–Crippen LogP) is 1.98. The summed E-state index contributed by atoms with van der Waals surface area (Å²) in [6.45, 7) is 12.5. The minimum absolute atomic E-state index is 0.704. The Bertz CT molecular complexity index is 197. The van der Waals surface area contributed by atoms with Crippen LogP contribution in [0.3, 0.4) is 0 Å². The quantitative estimate of drug-likeness (QED) is 0.704. The fourth-order valence-electron chi connectivity index (χ4n) is 2.64. The molecule has 1 aliphatic rings. The molecule has 102 valence electrons. The number of nitrogens with zero attached hydrogens (tertiary/aromatic N) is 1. The Hall–Kier alpha value is -0.120. The standard InChI is InChI=1S/C14H30N2O/c1-5-14(9-15-8-12(2)3)16-7-6-13(10-16)11-17-4/h12-15H,5-11H2,1-4H3. The minimum Gasteiger partial charge on any atom is -0.384 e. The lowest BCUT2D eigenvalue weighted by Crippen LogP contribution is -2.41. The van der Waals surface area contributed by atoms with Crippen LogP contribution in [0.15, 0.2) is 0 Å². The topological polar surface area (TPSA) is 24.5 Å². The van der Waals surface area contributed by atoms with Crippen LogP contribution in [0, 0.1) is 11.8 Å². The highest BCUT2D eigenvalue weighted by Gasteiger charge is 2.26. The fourth-order valence-corrected chi connectivity index (χ4v) is 2.64. The molecular formula is C14H30N2O. The zero-order chi connectivity index (χ0) is 12.7. The van der Waals surface area contributed by atoms with Crippen molar-refractivity contribution in [2.45, 2.75) is 39.7 Å². The van der Waals surface area contributed by atoms with Gasteiger partial charge in [-0.15, -0.1) is 0 Å². The van der Waals surface area contributed by atoms with E-state index in [1.807, 2.05) is 7.11 Å². The van der Waals surface area contributed by atoms with E-state index in [0.29, 0.717) is 6.04 Å². The van der Waals surface area contributed by atoms with E-state index in [1.165, 1.54) is 25.9 Å². The molecule has 1 N–H and O–H groups in total. The molecule has 3 heteroatoms. The van der Waals surface area contributed by atoms with Crippen molar-refractivity contribution in [3.8, 4) is 0 Å². The molecule has 1 saturated heterocycles. The summed E-state index contributed by atoms with van der Waals surface area (Å²) in [5.74, 6) is 1.49. The Labute approximate surface area is 107 Å². The van der Waals surface area contributed by atoms with E-state index in [2.05, 4.69) is 31.0 Å². The summed E-state index contributed by atoms with van der Waals surface area (Å²) in [6, 6.07) is 0.704. The summed E-state index contributed by atoms with van der Waals surface area (Å²) in [4.78, 5) is 2.64. The third kappa shape index (κ3) is 5.36. The lowest BCUT2D eigenvalue weighted by molar-refractivity contribution is 0.145. The summed E-state index contributed by atoms with van der Waals surface area (Å²) < 4.78 is 5.26.